The van der Waals surface area contributed by atoms with Gasteiger partial charge in [-0.15, -0.1) is 22.7 Å². The molecule has 3 aliphatic rings. The van der Waals surface area contributed by atoms with Crippen LogP contribution in [0.1, 0.15) is 44.1 Å². The number of carbonyl (C=O) groups is 3. The molecule has 0 spiro atoms. The molecule has 7 aromatic rings. The van der Waals surface area contributed by atoms with E-state index in [1.807, 2.05) is 54.6 Å². The van der Waals surface area contributed by atoms with Crippen molar-refractivity contribution < 1.29 is 19.1 Å². The fourth-order valence-corrected chi connectivity index (χ4v) is 11.6. The molecule has 9 nitrogen and oxygen atoms in total. The van der Waals surface area contributed by atoms with Gasteiger partial charge >= 0.3 is 6.09 Å². The molecule has 12 heteroatoms. The third kappa shape index (κ3) is 4.65. The average Bonchev–Trinajstić information content (AvgIpc) is 3.97. The summed E-state index contributed by atoms with van der Waals surface area (Å²) < 4.78 is 19.8. The maximum Gasteiger partial charge on any atom is 0.419 e. The zero-order chi connectivity index (χ0) is 33.5. The number of nitrogens with zero attached hydrogens (tertiary/aromatic N) is 5. The normalized spacial score (nSPS) is 23.0. The highest BCUT2D eigenvalue weighted by atomic mass is 32.1. The molecule has 50 heavy (non-hydrogen) atoms. The standard InChI is InChI=1S/C38H29N5O4S3/c44-34-24-15-21-11-5-4-10-20(21)14-23(24)29(35(34)45)40-25-17-39-31(32-30(25)41-50-42-32)28-16-26-36(49-28)37-33(22-12-6-7-13-27(22)48-37)43(26)38(46)47-18-19-8-2-1-3-9-19/h1-3,6-9,12-13,16-17,20-21,23-24H,4-5,10-11,14-15,18H2. The van der Waals surface area contributed by atoms with E-state index in [4.69, 9.17) is 14.7 Å². The van der Waals surface area contributed by atoms with Crippen LogP contribution >= 0.6 is 34.4 Å². The van der Waals surface area contributed by atoms with E-state index < -0.39 is 11.9 Å². The summed E-state index contributed by atoms with van der Waals surface area (Å²) in [6.07, 6.45) is 7.58. The Bertz CT molecular complexity index is 2560. The lowest BCUT2D eigenvalue weighted by molar-refractivity contribution is -0.135. The van der Waals surface area contributed by atoms with Gasteiger partial charge in [-0.25, -0.2) is 14.4 Å². The number of hydrogen-bond acceptors (Lipinski definition) is 11. The van der Waals surface area contributed by atoms with Gasteiger partial charge < -0.3 is 4.74 Å². The highest BCUT2D eigenvalue weighted by Crippen LogP contribution is 2.50. The molecule has 3 fully saturated rings. The van der Waals surface area contributed by atoms with Crippen molar-refractivity contribution in [3.05, 3.63) is 72.4 Å². The monoisotopic (exact) mass is 715 g/mol. The summed E-state index contributed by atoms with van der Waals surface area (Å²) >= 11 is 4.27. The summed E-state index contributed by atoms with van der Waals surface area (Å²) in [6.45, 7) is 0.160. The number of fused-ring (bicyclic) bond motifs is 8. The molecule has 4 atom stereocenters. The summed E-state index contributed by atoms with van der Waals surface area (Å²) in [7, 11) is 0. The maximum absolute atomic E-state index is 13.9. The number of rotatable bonds is 4. The topological polar surface area (TPSA) is 116 Å². The van der Waals surface area contributed by atoms with Crippen molar-refractivity contribution in [3.63, 3.8) is 0 Å². The SMILES string of the molecule is O=C1C(=O)C2CC3CCCCC3CC2C1=Nc1cnc(-c2cc3c(s2)c2sc4ccccc4c2n3C(=O)OCc2ccccc2)c2nsnc12. The second-order valence-corrected chi connectivity index (χ2v) is 16.2. The van der Waals surface area contributed by atoms with Crippen LogP contribution in [0.15, 0.2) is 71.9 Å². The molecule has 0 bridgehead atoms. The van der Waals surface area contributed by atoms with Gasteiger partial charge in [0.15, 0.2) is 0 Å². The number of hydrogen-bond donors (Lipinski definition) is 0. The molecule has 0 N–H and O–H groups in total. The molecule has 3 saturated carbocycles. The summed E-state index contributed by atoms with van der Waals surface area (Å²) in [4.78, 5) is 50.9. The Morgan fingerprint density at radius 1 is 0.900 bits per heavy atom. The third-order valence-corrected chi connectivity index (χ3v) is 13.9. The minimum absolute atomic E-state index is 0.140. The molecule has 0 radical (unpaired) electrons. The largest absolute Gasteiger partial charge is 0.444 e. The molecular formula is C38H29N5O4S3. The van der Waals surface area contributed by atoms with Crippen LogP contribution in [-0.4, -0.2) is 41.7 Å². The second-order valence-electron chi connectivity index (χ2n) is 13.6. The van der Waals surface area contributed by atoms with Crippen LogP contribution in [0.25, 0.3) is 52.1 Å². The first-order valence-corrected chi connectivity index (χ1v) is 19.3. The summed E-state index contributed by atoms with van der Waals surface area (Å²) in [5, 5.41) is 1.00. The molecule has 248 valence electrons. The van der Waals surface area contributed by atoms with Crippen molar-refractivity contribution in [2.75, 3.05) is 0 Å². The smallest absolute Gasteiger partial charge is 0.419 e. The summed E-state index contributed by atoms with van der Waals surface area (Å²) in [6, 6.07) is 19.7. The molecule has 0 aliphatic heterocycles. The van der Waals surface area contributed by atoms with Gasteiger partial charge in [-0.2, -0.15) is 8.75 Å². The Balaban J connectivity index is 1.05. The molecular weight excluding hydrogens is 687 g/mol. The van der Waals surface area contributed by atoms with Gasteiger partial charge in [0.1, 0.15) is 29.0 Å². The predicted molar refractivity (Wildman–Crippen MR) is 198 cm³/mol. The Labute approximate surface area is 298 Å². The first-order valence-electron chi connectivity index (χ1n) is 17.0. The third-order valence-electron chi connectivity index (χ3n) is 10.9. The average molecular weight is 716 g/mol. The molecule has 5 heterocycles. The van der Waals surface area contributed by atoms with Gasteiger partial charge in [-0.1, -0.05) is 74.2 Å². The van der Waals surface area contributed by atoms with Gasteiger partial charge in [0.25, 0.3) is 0 Å². The Hall–Kier alpha value is -4.65. The van der Waals surface area contributed by atoms with Gasteiger partial charge in [0, 0.05) is 21.9 Å². The summed E-state index contributed by atoms with van der Waals surface area (Å²) in [5.74, 6) is -0.0461. The lowest BCUT2D eigenvalue weighted by atomic mass is 9.64. The number of Topliss-reactive ketones (excluding diaryl/α,β-unsaturated/α-hetero) is 2. The molecule has 0 saturated heterocycles. The zero-order valence-electron chi connectivity index (χ0n) is 26.7. The molecule has 5 aromatic heterocycles. The van der Waals surface area contributed by atoms with E-state index in [2.05, 4.69) is 14.8 Å². The fourth-order valence-electron chi connectivity index (χ4n) is 8.56. The number of benzene rings is 2. The molecule has 10 rings (SSSR count). The van der Waals surface area contributed by atoms with Gasteiger partial charge in [-0.05, 0) is 42.4 Å². The second kappa shape index (κ2) is 11.7. The minimum Gasteiger partial charge on any atom is -0.444 e. The highest BCUT2D eigenvalue weighted by Gasteiger charge is 2.52. The van der Waals surface area contributed by atoms with Crippen molar-refractivity contribution in [3.8, 4) is 10.6 Å². The van der Waals surface area contributed by atoms with Crippen molar-refractivity contribution in [1.29, 1.82) is 0 Å². The lowest BCUT2D eigenvalue weighted by Gasteiger charge is -2.40. The summed E-state index contributed by atoms with van der Waals surface area (Å²) in [5.41, 5.74) is 5.09. The number of ketones is 2. The van der Waals surface area contributed by atoms with Crippen LogP contribution in [0.5, 0.6) is 0 Å². The van der Waals surface area contributed by atoms with Gasteiger partial charge in [-0.3, -0.25) is 14.6 Å². The van der Waals surface area contributed by atoms with Crippen LogP contribution in [0.4, 0.5) is 10.5 Å². The molecule has 2 aromatic carbocycles. The van der Waals surface area contributed by atoms with E-state index >= 15 is 0 Å². The highest BCUT2D eigenvalue weighted by molar-refractivity contribution is 7.32. The fraction of sp³-hybridized carbons (Fsp3) is 0.289. The minimum atomic E-state index is -0.452. The lowest BCUT2D eigenvalue weighted by Crippen LogP contribution is -2.35. The Kier molecular flexibility index (Phi) is 7.07. The first-order chi connectivity index (χ1) is 24.5. The van der Waals surface area contributed by atoms with E-state index in [0.29, 0.717) is 40.0 Å². The predicted octanol–water partition coefficient (Wildman–Crippen LogP) is 9.38. The van der Waals surface area contributed by atoms with E-state index in [9.17, 15) is 14.4 Å². The van der Waals surface area contributed by atoms with Crippen LogP contribution in [0.3, 0.4) is 0 Å². The maximum atomic E-state index is 13.9. The van der Waals surface area contributed by atoms with E-state index in [1.165, 1.54) is 12.8 Å². The Morgan fingerprint density at radius 3 is 2.50 bits per heavy atom. The van der Waals surface area contributed by atoms with Gasteiger partial charge in [0.05, 0.1) is 48.9 Å². The Morgan fingerprint density at radius 2 is 1.66 bits per heavy atom. The van der Waals surface area contributed by atoms with E-state index in [1.54, 1.807) is 33.4 Å². The van der Waals surface area contributed by atoms with Crippen molar-refractivity contribution >= 4 is 105 Å². The van der Waals surface area contributed by atoms with Crippen LogP contribution < -0.4 is 0 Å². The quantitative estimate of drug-likeness (QED) is 0.167. The van der Waals surface area contributed by atoms with Gasteiger partial charge in [0.2, 0.25) is 11.6 Å². The number of ether oxygens (including phenoxy) is 1. The molecule has 4 unspecified atom stereocenters. The van der Waals surface area contributed by atoms with E-state index in [-0.39, 0.29) is 24.2 Å². The number of aromatic nitrogens is 4. The zero-order valence-corrected chi connectivity index (χ0v) is 29.2. The number of pyridine rings is 1. The van der Waals surface area contributed by atoms with Crippen molar-refractivity contribution in [1.82, 2.24) is 18.3 Å². The van der Waals surface area contributed by atoms with Crippen LogP contribution in [-0.2, 0) is 20.9 Å². The number of aliphatic imine (C=N–C) groups is 1. The van der Waals surface area contributed by atoms with Crippen LogP contribution in [0.2, 0.25) is 0 Å². The molecule has 3 aliphatic carbocycles. The van der Waals surface area contributed by atoms with Crippen molar-refractivity contribution in [2.45, 2.75) is 45.1 Å². The number of thiophene rings is 2. The van der Waals surface area contributed by atoms with Crippen LogP contribution in [0, 0.1) is 23.7 Å². The van der Waals surface area contributed by atoms with Crippen molar-refractivity contribution in [2.24, 2.45) is 28.7 Å². The first kappa shape index (κ1) is 30.2. The molecule has 0 amide bonds. The van der Waals surface area contributed by atoms with E-state index in [0.717, 1.165) is 78.4 Å². The number of carbonyl (C=O) groups excluding carboxylic acids is 3.